The SMILES string of the molecule is Cc1cc(-c2cc(CS(C)(=O)=O)c3nn(C)c(Cc4ccc(F)cc4)c3c2)cn(C)c1=O. The third-order valence-electron chi connectivity index (χ3n) is 5.54. The van der Waals surface area contributed by atoms with Gasteiger partial charge >= 0.3 is 0 Å². The maximum Gasteiger partial charge on any atom is 0.253 e. The molecule has 0 amide bonds. The van der Waals surface area contributed by atoms with Crippen LogP contribution in [0.3, 0.4) is 0 Å². The molecular weight excluding hydrogens is 429 g/mol. The van der Waals surface area contributed by atoms with Crippen LogP contribution in [-0.4, -0.2) is 29.0 Å². The van der Waals surface area contributed by atoms with Gasteiger partial charge in [-0.15, -0.1) is 0 Å². The number of aromatic nitrogens is 3. The van der Waals surface area contributed by atoms with Gasteiger partial charge in [0.05, 0.1) is 17.0 Å². The largest absolute Gasteiger partial charge is 0.318 e. The van der Waals surface area contributed by atoms with Crippen LogP contribution >= 0.6 is 0 Å². The van der Waals surface area contributed by atoms with Gasteiger partial charge in [0.2, 0.25) is 0 Å². The van der Waals surface area contributed by atoms with Crippen molar-refractivity contribution in [1.29, 1.82) is 0 Å². The lowest BCUT2D eigenvalue weighted by Gasteiger charge is -2.10. The maximum absolute atomic E-state index is 13.3. The molecule has 0 fully saturated rings. The van der Waals surface area contributed by atoms with E-state index in [9.17, 15) is 17.6 Å². The molecular formula is C24H24FN3O3S. The molecule has 0 atom stereocenters. The Morgan fingerprint density at radius 3 is 2.34 bits per heavy atom. The second-order valence-corrected chi connectivity index (χ2v) is 10.4. The van der Waals surface area contributed by atoms with Crippen LogP contribution in [-0.2, 0) is 36.1 Å². The van der Waals surface area contributed by atoms with Gasteiger partial charge in [-0.2, -0.15) is 5.10 Å². The van der Waals surface area contributed by atoms with Crippen LogP contribution in [0.15, 0.2) is 53.5 Å². The first kappa shape index (κ1) is 22.0. The number of rotatable bonds is 5. The normalized spacial score (nSPS) is 11.9. The van der Waals surface area contributed by atoms with Gasteiger partial charge in [0.25, 0.3) is 5.56 Å². The van der Waals surface area contributed by atoms with Crippen LogP contribution in [0.4, 0.5) is 4.39 Å². The van der Waals surface area contributed by atoms with Gasteiger partial charge in [-0.1, -0.05) is 12.1 Å². The number of nitrogens with zero attached hydrogens (tertiary/aromatic N) is 3. The molecule has 166 valence electrons. The number of sulfone groups is 1. The van der Waals surface area contributed by atoms with E-state index < -0.39 is 9.84 Å². The fourth-order valence-corrected chi connectivity index (χ4v) is 4.80. The number of halogens is 1. The number of pyridine rings is 1. The predicted molar refractivity (Wildman–Crippen MR) is 124 cm³/mol. The van der Waals surface area contributed by atoms with Crippen molar-refractivity contribution in [2.75, 3.05) is 6.26 Å². The summed E-state index contributed by atoms with van der Waals surface area (Å²) in [6.45, 7) is 1.76. The number of aryl methyl sites for hydroxylation is 3. The highest BCUT2D eigenvalue weighted by atomic mass is 32.2. The van der Waals surface area contributed by atoms with Gasteiger partial charge in [-0.05, 0) is 59.5 Å². The van der Waals surface area contributed by atoms with Crippen LogP contribution in [0.25, 0.3) is 22.0 Å². The molecule has 0 saturated carbocycles. The lowest BCUT2D eigenvalue weighted by atomic mass is 9.98. The maximum atomic E-state index is 13.3. The topological polar surface area (TPSA) is 74.0 Å². The highest BCUT2D eigenvalue weighted by molar-refractivity contribution is 7.89. The second-order valence-electron chi connectivity index (χ2n) is 8.30. The van der Waals surface area contributed by atoms with Crippen molar-refractivity contribution in [2.45, 2.75) is 19.1 Å². The minimum absolute atomic E-state index is 0.0791. The van der Waals surface area contributed by atoms with Crippen LogP contribution in [0.5, 0.6) is 0 Å². The van der Waals surface area contributed by atoms with E-state index in [0.29, 0.717) is 23.1 Å². The van der Waals surface area contributed by atoms with Gasteiger partial charge in [0, 0.05) is 43.9 Å². The van der Waals surface area contributed by atoms with Crippen molar-refractivity contribution in [3.05, 3.63) is 87.2 Å². The standard InChI is InChI=1S/C24H24FN3O3S/c1-15-9-18(13-27(2)24(15)29)17-11-19(14-32(4,30)31)23-21(12-17)22(28(3)26-23)10-16-5-7-20(25)8-6-16/h5-9,11-13H,10,14H2,1-4H3. The summed E-state index contributed by atoms with van der Waals surface area (Å²) in [6.07, 6.45) is 3.46. The van der Waals surface area contributed by atoms with Crippen LogP contribution < -0.4 is 5.56 Å². The zero-order valence-electron chi connectivity index (χ0n) is 18.4. The van der Waals surface area contributed by atoms with Crippen LogP contribution in [0, 0.1) is 12.7 Å². The first-order chi connectivity index (χ1) is 15.0. The Morgan fingerprint density at radius 1 is 1.03 bits per heavy atom. The Kier molecular flexibility index (Phi) is 5.50. The monoisotopic (exact) mass is 453 g/mol. The molecule has 4 aromatic rings. The molecule has 4 rings (SSSR count). The smallest absolute Gasteiger partial charge is 0.253 e. The summed E-state index contributed by atoms with van der Waals surface area (Å²) in [5, 5.41) is 5.45. The molecule has 0 spiro atoms. The van der Waals surface area contributed by atoms with Gasteiger partial charge in [-0.3, -0.25) is 9.48 Å². The van der Waals surface area contributed by atoms with Crippen LogP contribution in [0.1, 0.15) is 22.4 Å². The van der Waals surface area contributed by atoms with E-state index in [1.165, 1.54) is 23.0 Å². The summed E-state index contributed by atoms with van der Waals surface area (Å²) in [5.41, 5.74) is 5.19. The summed E-state index contributed by atoms with van der Waals surface area (Å²) in [6, 6.07) is 11.9. The second kappa shape index (κ2) is 8.02. The van der Waals surface area contributed by atoms with E-state index in [4.69, 9.17) is 0 Å². The molecule has 2 aromatic carbocycles. The van der Waals surface area contributed by atoms with Crippen molar-refractivity contribution >= 4 is 20.7 Å². The Bertz CT molecular complexity index is 1470. The van der Waals surface area contributed by atoms with Crippen molar-refractivity contribution < 1.29 is 12.8 Å². The average Bonchev–Trinajstić information content (AvgIpc) is 3.02. The van der Waals surface area contributed by atoms with Gasteiger partial charge in [0.1, 0.15) is 5.82 Å². The molecule has 0 bridgehead atoms. The Hall–Kier alpha value is -3.26. The predicted octanol–water partition coefficient (Wildman–Crippen LogP) is 3.52. The minimum atomic E-state index is -3.30. The molecule has 0 aliphatic rings. The molecule has 0 saturated heterocycles. The fraction of sp³-hybridized carbons (Fsp3) is 0.250. The van der Waals surface area contributed by atoms with E-state index in [1.54, 1.807) is 37.0 Å². The van der Waals surface area contributed by atoms with E-state index in [2.05, 4.69) is 5.10 Å². The Morgan fingerprint density at radius 2 is 1.72 bits per heavy atom. The molecule has 0 aliphatic heterocycles. The Balaban J connectivity index is 1.95. The number of hydrogen-bond acceptors (Lipinski definition) is 4. The van der Waals surface area contributed by atoms with Crippen LogP contribution in [0.2, 0.25) is 0 Å². The Labute approximate surface area is 185 Å². The third kappa shape index (κ3) is 4.36. The lowest BCUT2D eigenvalue weighted by molar-refractivity contribution is 0.601. The first-order valence-electron chi connectivity index (χ1n) is 10.1. The summed E-state index contributed by atoms with van der Waals surface area (Å²) < 4.78 is 40.9. The fourth-order valence-electron chi connectivity index (χ4n) is 4.02. The molecule has 0 aliphatic carbocycles. The number of benzene rings is 2. The zero-order chi connectivity index (χ0) is 23.2. The highest BCUT2D eigenvalue weighted by Crippen LogP contribution is 2.31. The molecule has 2 aromatic heterocycles. The van der Waals surface area contributed by atoms with Crippen molar-refractivity contribution in [2.24, 2.45) is 14.1 Å². The van der Waals surface area contributed by atoms with Gasteiger partial charge < -0.3 is 4.57 Å². The first-order valence-corrected chi connectivity index (χ1v) is 12.2. The highest BCUT2D eigenvalue weighted by Gasteiger charge is 2.18. The number of fused-ring (bicyclic) bond motifs is 1. The van der Waals surface area contributed by atoms with Gasteiger partial charge in [0.15, 0.2) is 9.84 Å². The van der Waals surface area contributed by atoms with E-state index in [1.807, 2.05) is 25.2 Å². The zero-order valence-corrected chi connectivity index (χ0v) is 19.2. The molecule has 0 radical (unpaired) electrons. The molecule has 0 unspecified atom stereocenters. The molecule has 2 heterocycles. The third-order valence-corrected chi connectivity index (χ3v) is 6.37. The summed E-state index contributed by atoms with van der Waals surface area (Å²) >= 11 is 0. The van der Waals surface area contributed by atoms with E-state index >= 15 is 0 Å². The summed E-state index contributed by atoms with van der Waals surface area (Å²) in [5.74, 6) is -0.443. The number of hydrogen-bond donors (Lipinski definition) is 0. The van der Waals surface area contributed by atoms with Crippen molar-refractivity contribution in [3.63, 3.8) is 0 Å². The summed E-state index contributed by atoms with van der Waals surface area (Å²) in [4.78, 5) is 12.1. The molecule has 32 heavy (non-hydrogen) atoms. The quantitative estimate of drug-likeness (QED) is 0.463. The minimum Gasteiger partial charge on any atom is -0.318 e. The molecule has 0 N–H and O–H groups in total. The van der Waals surface area contributed by atoms with Crippen molar-refractivity contribution in [1.82, 2.24) is 14.3 Å². The molecule has 8 heteroatoms. The van der Waals surface area contributed by atoms with Gasteiger partial charge in [-0.25, -0.2) is 12.8 Å². The summed E-state index contributed by atoms with van der Waals surface area (Å²) in [7, 11) is 0.208. The van der Waals surface area contributed by atoms with E-state index in [0.717, 1.165) is 27.8 Å². The molecule has 6 nitrogen and oxygen atoms in total. The van der Waals surface area contributed by atoms with Crippen molar-refractivity contribution in [3.8, 4) is 11.1 Å². The average molecular weight is 454 g/mol. The lowest BCUT2D eigenvalue weighted by Crippen LogP contribution is -2.18. The van der Waals surface area contributed by atoms with E-state index in [-0.39, 0.29) is 17.1 Å².